The van der Waals surface area contributed by atoms with Crippen LogP contribution in [0.1, 0.15) is 50.7 Å². The predicted molar refractivity (Wildman–Crippen MR) is 98.2 cm³/mol. The molecule has 0 unspecified atom stereocenters. The minimum Gasteiger partial charge on any atom is -0.317 e. The molecule has 2 amide bonds. The van der Waals surface area contributed by atoms with Gasteiger partial charge in [0, 0.05) is 17.8 Å². The van der Waals surface area contributed by atoms with E-state index in [1.807, 2.05) is 51.2 Å². The van der Waals surface area contributed by atoms with Crippen LogP contribution in [0, 0.1) is 17.5 Å². The highest BCUT2D eigenvalue weighted by Gasteiger charge is 2.22. The summed E-state index contributed by atoms with van der Waals surface area (Å²) in [5.74, 6) is -5.91. The quantitative estimate of drug-likeness (QED) is 0.742. The van der Waals surface area contributed by atoms with Gasteiger partial charge in [-0.3, -0.25) is 9.59 Å². The highest BCUT2D eigenvalue weighted by Crippen LogP contribution is 2.32. The molecule has 2 N–H and O–H groups in total. The Hall–Kier alpha value is -2.83. The van der Waals surface area contributed by atoms with E-state index in [1.165, 1.54) is 0 Å². The van der Waals surface area contributed by atoms with Crippen LogP contribution in [-0.4, -0.2) is 11.8 Å². The summed E-state index contributed by atoms with van der Waals surface area (Å²) in [4.78, 5) is 24.4. The fourth-order valence-electron chi connectivity index (χ4n) is 2.70. The van der Waals surface area contributed by atoms with E-state index in [0.29, 0.717) is 17.8 Å². The molecular formula is C20H21F3N2O2. The van der Waals surface area contributed by atoms with Gasteiger partial charge >= 0.3 is 11.8 Å². The summed E-state index contributed by atoms with van der Waals surface area (Å²) in [6.45, 7) is 7.77. The van der Waals surface area contributed by atoms with Gasteiger partial charge < -0.3 is 10.6 Å². The number of benzene rings is 2. The fourth-order valence-corrected chi connectivity index (χ4v) is 2.70. The lowest BCUT2D eigenvalue weighted by atomic mass is 9.92. The summed E-state index contributed by atoms with van der Waals surface area (Å²) >= 11 is 0. The standard InChI is InChI=1S/C20H21F3N2O2/c1-10(2)13-6-5-7-14(11(3)4)17(13)24-19(26)20(27)25-18-15(22)8-12(21)9-16(18)23/h5-11H,1-4H3,(H,24,26)(H,25,27). The summed E-state index contributed by atoms with van der Waals surface area (Å²) < 4.78 is 40.3. The summed E-state index contributed by atoms with van der Waals surface area (Å²) in [5.41, 5.74) is 1.29. The lowest BCUT2D eigenvalue weighted by molar-refractivity contribution is -0.133. The minimum atomic E-state index is -1.31. The fraction of sp³-hybridized carbons (Fsp3) is 0.300. The Kier molecular flexibility index (Phi) is 6.25. The SMILES string of the molecule is CC(C)c1cccc(C(C)C)c1NC(=O)C(=O)Nc1c(F)cc(F)cc1F. The molecule has 0 aromatic heterocycles. The molecule has 0 saturated heterocycles. The molecule has 0 atom stereocenters. The Bertz CT molecular complexity index is 830. The Labute approximate surface area is 155 Å². The lowest BCUT2D eigenvalue weighted by Gasteiger charge is -2.20. The third-order valence-corrected chi connectivity index (χ3v) is 4.06. The van der Waals surface area contributed by atoms with Gasteiger partial charge in [-0.1, -0.05) is 45.9 Å². The van der Waals surface area contributed by atoms with Crippen LogP contribution in [0.3, 0.4) is 0 Å². The van der Waals surface area contributed by atoms with E-state index in [0.717, 1.165) is 11.1 Å². The van der Waals surface area contributed by atoms with Crippen LogP contribution >= 0.6 is 0 Å². The number of rotatable bonds is 4. The molecule has 0 radical (unpaired) electrons. The Morgan fingerprint density at radius 1 is 0.778 bits per heavy atom. The molecule has 27 heavy (non-hydrogen) atoms. The number of amides is 2. The van der Waals surface area contributed by atoms with Gasteiger partial charge in [0.1, 0.15) is 11.5 Å². The van der Waals surface area contributed by atoms with Crippen LogP contribution in [0.4, 0.5) is 24.5 Å². The molecule has 0 aliphatic carbocycles. The van der Waals surface area contributed by atoms with Crippen molar-refractivity contribution < 1.29 is 22.8 Å². The molecule has 0 aliphatic rings. The smallest absolute Gasteiger partial charge is 0.314 e. The Morgan fingerprint density at radius 2 is 1.19 bits per heavy atom. The Balaban J connectivity index is 2.29. The maximum atomic E-state index is 13.7. The van der Waals surface area contributed by atoms with Crippen molar-refractivity contribution in [2.75, 3.05) is 10.6 Å². The van der Waals surface area contributed by atoms with Crippen molar-refractivity contribution in [2.45, 2.75) is 39.5 Å². The Morgan fingerprint density at radius 3 is 1.59 bits per heavy atom. The van der Waals surface area contributed by atoms with Gasteiger partial charge in [0.25, 0.3) is 0 Å². The molecule has 0 heterocycles. The highest BCUT2D eigenvalue weighted by molar-refractivity contribution is 6.43. The summed E-state index contributed by atoms with van der Waals surface area (Å²) in [6, 6.07) is 6.37. The van der Waals surface area contributed by atoms with Crippen LogP contribution in [0.5, 0.6) is 0 Å². The van der Waals surface area contributed by atoms with Crippen molar-refractivity contribution in [3.05, 3.63) is 58.9 Å². The zero-order valence-corrected chi connectivity index (χ0v) is 15.5. The van der Waals surface area contributed by atoms with Crippen molar-refractivity contribution in [1.29, 1.82) is 0 Å². The number of halogens is 3. The maximum Gasteiger partial charge on any atom is 0.314 e. The van der Waals surface area contributed by atoms with Crippen LogP contribution in [0.15, 0.2) is 30.3 Å². The van der Waals surface area contributed by atoms with Crippen LogP contribution in [0.2, 0.25) is 0 Å². The van der Waals surface area contributed by atoms with E-state index in [2.05, 4.69) is 5.32 Å². The van der Waals surface area contributed by atoms with Gasteiger partial charge in [-0.2, -0.15) is 0 Å². The molecule has 0 spiro atoms. The normalized spacial score (nSPS) is 11.0. The molecule has 4 nitrogen and oxygen atoms in total. The van der Waals surface area contributed by atoms with Gasteiger partial charge in [-0.15, -0.1) is 0 Å². The van der Waals surface area contributed by atoms with Crippen molar-refractivity contribution in [1.82, 2.24) is 0 Å². The molecule has 144 valence electrons. The largest absolute Gasteiger partial charge is 0.317 e. The average Bonchev–Trinajstić information content (AvgIpc) is 2.57. The van der Waals surface area contributed by atoms with Gasteiger partial charge in [-0.25, -0.2) is 13.2 Å². The molecule has 7 heteroatoms. The van der Waals surface area contributed by atoms with Gasteiger partial charge in [-0.05, 0) is 23.0 Å². The maximum absolute atomic E-state index is 13.7. The second-order valence-corrected chi connectivity index (χ2v) is 6.77. The van der Waals surface area contributed by atoms with Crippen LogP contribution in [-0.2, 0) is 9.59 Å². The second kappa shape index (κ2) is 8.24. The lowest BCUT2D eigenvalue weighted by Crippen LogP contribution is -2.30. The van der Waals surface area contributed by atoms with E-state index in [4.69, 9.17) is 0 Å². The van der Waals surface area contributed by atoms with E-state index in [-0.39, 0.29) is 11.8 Å². The van der Waals surface area contributed by atoms with E-state index >= 15 is 0 Å². The van der Waals surface area contributed by atoms with E-state index in [9.17, 15) is 22.8 Å². The topological polar surface area (TPSA) is 58.2 Å². The second-order valence-electron chi connectivity index (χ2n) is 6.77. The van der Waals surface area contributed by atoms with Crippen molar-refractivity contribution in [2.24, 2.45) is 0 Å². The van der Waals surface area contributed by atoms with Crippen molar-refractivity contribution >= 4 is 23.2 Å². The first-order chi connectivity index (χ1) is 12.6. The van der Waals surface area contributed by atoms with E-state index in [1.54, 1.807) is 0 Å². The number of hydrogen-bond donors (Lipinski definition) is 2. The molecule has 0 fully saturated rings. The number of para-hydroxylation sites is 1. The summed E-state index contributed by atoms with van der Waals surface area (Å²) in [5, 5.41) is 4.40. The predicted octanol–water partition coefficient (Wildman–Crippen LogP) is 4.93. The monoisotopic (exact) mass is 378 g/mol. The zero-order valence-electron chi connectivity index (χ0n) is 15.5. The molecule has 2 aromatic rings. The zero-order chi connectivity index (χ0) is 20.3. The van der Waals surface area contributed by atoms with Crippen LogP contribution in [0.25, 0.3) is 0 Å². The van der Waals surface area contributed by atoms with Gasteiger partial charge in [0.05, 0.1) is 0 Å². The number of hydrogen-bond acceptors (Lipinski definition) is 2. The minimum absolute atomic E-state index is 0.0778. The third-order valence-electron chi connectivity index (χ3n) is 4.06. The highest BCUT2D eigenvalue weighted by atomic mass is 19.1. The molecular weight excluding hydrogens is 357 g/mol. The van der Waals surface area contributed by atoms with E-state index < -0.39 is 35.0 Å². The average molecular weight is 378 g/mol. The van der Waals surface area contributed by atoms with Crippen molar-refractivity contribution in [3.8, 4) is 0 Å². The molecule has 0 aliphatic heterocycles. The molecule has 2 rings (SSSR count). The summed E-state index contributed by atoms with van der Waals surface area (Å²) in [7, 11) is 0. The molecule has 0 bridgehead atoms. The van der Waals surface area contributed by atoms with Gasteiger partial charge in [0.15, 0.2) is 11.6 Å². The van der Waals surface area contributed by atoms with Crippen LogP contribution < -0.4 is 10.6 Å². The van der Waals surface area contributed by atoms with Crippen molar-refractivity contribution in [3.63, 3.8) is 0 Å². The molecule has 2 aromatic carbocycles. The first-order valence-corrected chi connectivity index (χ1v) is 8.51. The summed E-state index contributed by atoms with van der Waals surface area (Å²) in [6.07, 6.45) is 0. The first-order valence-electron chi connectivity index (χ1n) is 8.51. The number of carbonyl (C=O) groups excluding carboxylic acids is 2. The number of nitrogens with one attached hydrogen (secondary N) is 2. The third kappa shape index (κ3) is 4.67. The molecule has 0 saturated carbocycles. The number of anilines is 2. The number of carbonyl (C=O) groups is 2. The first kappa shape index (κ1) is 20.5. The van der Waals surface area contributed by atoms with Gasteiger partial charge in [0.2, 0.25) is 0 Å².